The van der Waals surface area contributed by atoms with Gasteiger partial charge in [0.05, 0.1) is 17.1 Å². The minimum atomic E-state index is -0.313. The Balaban J connectivity index is 1.42. The Bertz CT molecular complexity index is 772. The molecule has 0 aromatic carbocycles. The SMILES string of the molecule is O=C1OC2(CN3CCC2CC3)CN1c1ccc(-c2ccncn2)s1. The van der Waals surface area contributed by atoms with Crippen molar-refractivity contribution in [2.24, 2.45) is 5.92 Å². The zero-order valence-corrected chi connectivity index (χ0v) is 14.0. The van der Waals surface area contributed by atoms with E-state index >= 15 is 0 Å². The number of piperidine rings is 3. The number of hydrogen-bond donors (Lipinski definition) is 0. The van der Waals surface area contributed by atoms with Crippen molar-refractivity contribution in [3.63, 3.8) is 0 Å². The van der Waals surface area contributed by atoms with Crippen LogP contribution in [0.4, 0.5) is 9.80 Å². The average molecular weight is 342 g/mol. The Morgan fingerprint density at radius 1 is 1.21 bits per heavy atom. The molecule has 1 unspecified atom stereocenters. The molecule has 124 valence electrons. The fourth-order valence-electron chi connectivity index (χ4n) is 4.23. The van der Waals surface area contributed by atoms with Gasteiger partial charge in [-0.05, 0) is 44.1 Å². The van der Waals surface area contributed by atoms with Crippen molar-refractivity contribution in [2.45, 2.75) is 18.4 Å². The predicted molar refractivity (Wildman–Crippen MR) is 91.1 cm³/mol. The molecule has 4 aliphatic heterocycles. The largest absolute Gasteiger partial charge is 0.439 e. The van der Waals surface area contributed by atoms with Crippen LogP contribution in [0.5, 0.6) is 0 Å². The van der Waals surface area contributed by atoms with E-state index in [1.54, 1.807) is 28.8 Å². The molecule has 6 nitrogen and oxygen atoms in total. The zero-order valence-electron chi connectivity index (χ0n) is 13.2. The lowest BCUT2D eigenvalue weighted by Gasteiger charge is -2.49. The van der Waals surface area contributed by atoms with Crippen molar-refractivity contribution in [3.05, 3.63) is 30.7 Å². The van der Waals surface area contributed by atoms with Gasteiger partial charge in [-0.15, -0.1) is 11.3 Å². The molecule has 4 fully saturated rings. The number of fused-ring (bicyclic) bond motifs is 2. The highest BCUT2D eigenvalue weighted by Gasteiger charge is 2.55. The first-order chi connectivity index (χ1) is 11.7. The van der Waals surface area contributed by atoms with Crippen LogP contribution in [-0.2, 0) is 4.74 Å². The van der Waals surface area contributed by atoms with Crippen LogP contribution >= 0.6 is 11.3 Å². The molecule has 2 aromatic heterocycles. The molecule has 0 radical (unpaired) electrons. The summed E-state index contributed by atoms with van der Waals surface area (Å²) in [6.07, 6.45) is 5.34. The second-order valence-corrected chi connectivity index (χ2v) is 7.86. The molecule has 2 aromatic rings. The number of hydrogen-bond acceptors (Lipinski definition) is 6. The van der Waals surface area contributed by atoms with Crippen LogP contribution in [0.2, 0.25) is 0 Å². The maximum absolute atomic E-state index is 12.5. The highest BCUT2D eigenvalue weighted by atomic mass is 32.1. The number of rotatable bonds is 2. The van der Waals surface area contributed by atoms with E-state index in [4.69, 9.17) is 4.74 Å². The third-order valence-corrected chi connectivity index (χ3v) is 6.58. The van der Waals surface area contributed by atoms with E-state index in [1.165, 1.54) is 0 Å². The van der Waals surface area contributed by atoms with E-state index < -0.39 is 0 Å². The standard InChI is InChI=1S/C17H18N4O2S/c22-16-21(10-17(23-16)9-20-7-4-12(17)5-8-20)15-2-1-14(24-15)13-3-6-18-11-19-13/h1-3,6,11-12H,4-5,7-10H2. The minimum Gasteiger partial charge on any atom is -0.439 e. The van der Waals surface area contributed by atoms with Gasteiger partial charge >= 0.3 is 6.09 Å². The fourth-order valence-corrected chi connectivity index (χ4v) is 5.20. The minimum absolute atomic E-state index is 0.208. The number of nitrogens with zero attached hydrogens (tertiary/aromatic N) is 4. The third kappa shape index (κ3) is 2.15. The predicted octanol–water partition coefficient (Wildman–Crippen LogP) is 2.63. The van der Waals surface area contributed by atoms with Gasteiger partial charge in [0.2, 0.25) is 0 Å². The second kappa shape index (κ2) is 5.26. The topological polar surface area (TPSA) is 58.6 Å². The summed E-state index contributed by atoms with van der Waals surface area (Å²) >= 11 is 1.58. The molecule has 6 rings (SSSR count). The molecule has 0 aliphatic carbocycles. The molecule has 0 saturated carbocycles. The van der Waals surface area contributed by atoms with Crippen LogP contribution in [-0.4, -0.2) is 52.7 Å². The van der Waals surface area contributed by atoms with Gasteiger partial charge < -0.3 is 4.74 Å². The van der Waals surface area contributed by atoms with Crippen LogP contribution in [0.15, 0.2) is 30.7 Å². The fraction of sp³-hybridized carbons (Fsp3) is 0.471. The smallest absolute Gasteiger partial charge is 0.415 e. The molecule has 24 heavy (non-hydrogen) atoms. The molecule has 1 spiro atoms. The third-order valence-electron chi connectivity index (χ3n) is 5.45. The van der Waals surface area contributed by atoms with Crippen molar-refractivity contribution in [1.29, 1.82) is 0 Å². The number of thiophene rings is 1. The first-order valence-electron chi connectivity index (χ1n) is 8.33. The van der Waals surface area contributed by atoms with Crippen molar-refractivity contribution in [2.75, 3.05) is 31.1 Å². The molecule has 4 aliphatic rings. The molecular formula is C17H18N4O2S. The monoisotopic (exact) mass is 342 g/mol. The maximum atomic E-state index is 12.5. The number of aromatic nitrogens is 2. The van der Waals surface area contributed by atoms with Gasteiger partial charge in [0.25, 0.3) is 0 Å². The molecule has 6 heterocycles. The molecule has 0 N–H and O–H groups in total. The summed E-state index contributed by atoms with van der Waals surface area (Å²) in [4.78, 5) is 26.0. The second-order valence-electron chi connectivity index (χ2n) is 6.80. The number of ether oxygens (including phenoxy) is 1. The van der Waals surface area contributed by atoms with Crippen molar-refractivity contribution >= 4 is 22.4 Å². The van der Waals surface area contributed by atoms with Crippen LogP contribution < -0.4 is 4.90 Å². The van der Waals surface area contributed by atoms with Gasteiger partial charge in [0, 0.05) is 18.7 Å². The Morgan fingerprint density at radius 2 is 2.08 bits per heavy atom. The zero-order chi connectivity index (χ0) is 16.1. The highest BCUT2D eigenvalue weighted by molar-refractivity contribution is 7.19. The lowest BCUT2D eigenvalue weighted by atomic mass is 9.75. The Morgan fingerprint density at radius 3 is 2.79 bits per heavy atom. The van der Waals surface area contributed by atoms with E-state index in [0.29, 0.717) is 12.5 Å². The van der Waals surface area contributed by atoms with Crippen LogP contribution in [0.3, 0.4) is 0 Å². The van der Waals surface area contributed by atoms with Gasteiger partial charge in [0.1, 0.15) is 16.9 Å². The van der Waals surface area contributed by atoms with Gasteiger partial charge in [-0.1, -0.05) is 0 Å². The maximum Gasteiger partial charge on any atom is 0.415 e. The number of anilines is 1. The molecule has 2 bridgehead atoms. The highest BCUT2D eigenvalue weighted by Crippen LogP contribution is 2.44. The lowest BCUT2D eigenvalue weighted by Crippen LogP contribution is -2.61. The first-order valence-corrected chi connectivity index (χ1v) is 9.14. The summed E-state index contributed by atoms with van der Waals surface area (Å²) in [7, 11) is 0. The van der Waals surface area contributed by atoms with Gasteiger partial charge in [-0.25, -0.2) is 14.8 Å². The van der Waals surface area contributed by atoms with Crippen LogP contribution in [0.1, 0.15) is 12.8 Å². The molecule has 7 heteroatoms. The first kappa shape index (κ1) is 14.4. The summed E-state index contributed by atoms with van der Waals surface area (Å²) in [5.41, 5.74) is 0.568. The number of carbonyl (C=O) groups is 1. The molecule has 1 atom stereocenters. The molecule has 1 amide bonds. The lowest BCUT2D eigenvalue weighted by molar-refractivity contribution is -0.0881. The quantitative estimate of drug-likeness (QED) is 0.840. The van der Waals surface area contributed by atoms with Gasteiger partial charge in [-0.2, -0.15) is 0 Å². The van der Waals surface area contributed by atoms with Gasteiger partial charge in [-0.3, -0.25) is 9.80 Å². The van der Waals surface area contributed by atoms with E-state index in [0.717, 1.165) is 48.0 Å². The number of amides is 1. The van der Waals surface area contributed by atoms with E-state index in [1.807, 2.05) is 18.2 Å². The summed E-state index contributed by atoms with van der Waals surface area (Å²) in [5, 5.41) is 0.932. The summed E-state index contributed by atoms with van der Waals surface area (Å²) in [6.45, 7) is 3.82. The van der Waals surface area contributed by atoms with Crippen molar-refractivity contribution in [1.82, 2.24) is 14.9 Å². The molecular weight excluding hydrogens is 324 g/mol. The van der Waals surface area contributed by atoms with E-state index in [9.17, 15) is 4.79 Å². The Kier molecular flexibility index (Phi) is 3.14. The van der Waals surface area contributed by atoms with E-state index in [-0.39, 0.29) is 11.7 Å². The molecule has 4 saturated heterocycles. The Labute approximate surface area is 144 Å². The van der Waals surface area contributed by atoms with Crippen LogP contribution in [0.25, 0.3) is 10.6 Å². The summed E-state index contributed by atoms with van der Waals surface area (Å²) in [5.74, 6) is 0.498. The van der Waals surface area contributed by atoms with Crippen LogP contribution in [0, 0.1) is 5.92 Å². The van der Waals surface area contributed by atoms with E-state index in [2.05, 4.69) is 14.9 Å². The summed E-state index contributed by atoms with van der Waals surface area (Å²) in [6, 6.07) is 5.88. The van der Waals surface area contributed by atoms with Gasteiger partial charge in [0.15, 0.2) is 0 Å². The average Bonchev–Trinajstić information content (AvgIpc) is 3.22. The number of carbonyl (C=O) groups excluding carboxylic acids is 1. The van der Waals surface area contributed by atoms with Crippen molar-refractivity contribution in [3.8, 4) is 10.6 Å². The van der Waals surface area contributed by atoms with Crippen molar-refractivity contribution < 1.29 is 9.53 Å². The Hall–Kier alpha value is -1.99. The normalized spacial score (nSPS) is 31.7. The summed E-state index contributed by atoms with van der Waals surface area (Å²) < 4.78 is 5.93.